The van der Waals surface area contributed by atoms with Crippen LogP contribution in [0.4, 0.5) is 5.69 Å². The molecule has 0 spiro atoms. The average molecular weight is 271 g/mol. The second-order valence-electron chi connectivity index (χ2n) is 3.79. The second kappa shape index (κ2) is 6.05. The fraction of sp³-hybridized carbons (Fsp3) is 0.500. The van der Waals surface area contributed by atoms with E-state index in [1.807, 2.05) is 0 Å². The Labute approximate surface area is 108 Å². The Kier molecular flexibility index (Phi) is 4.70. The number of primary amides is 1. The van der Waals surface area contributed by atoms with Gasteiger partial charge in [-0.2, -0.15) is 5.10 Å². The van der Waals surface area contributed by atoms with E-state index in [9.17, 15) is 14.5 Å². The number of esters is 1. The van der Waals surface area contributed by atoms with E-state index in [2.05, 4.69) is 15.0 Å². The third-order valence-corrected chi connectivity index (χ3v) is 2.53. The molecule has 104 valence electrons. The Hall–Kier alpha value is -2.29. The second-order valence-corrected chi connectivity index (χ2v) is 3.79. The Morgan fingerprint density at radius 1 is 1.47 bits per heavy atom. The number of ether oxygens (including phenoxy) is 2. The number of aromatic amines is 1. The van der Waals surface area contributed by atoms with E-state index >= 15 is 0 Å². The molecular formula is C10H15N4O5+. The summed E-state index contributed by atoms with van der Waals surface area (Å²) in [7, 11) is 2.63. The fourth-order valence-corrected chi connectivity index (χ4v) is 1.54. The first-order chi connectivity index (χ1) is 8.96. The van der Waals surface area contributed by atoms with Crippen LogP contribution in [0.3, 0.4) is 0 Å². The molecule has 0 radical (unpaired) electrons. The molecule has 1 rings (SSSR count). The molecule has 0 unspecified atom stereocenters. The summed E-state index contributed by atoms with van der Waals surface area (Å²) in [6.45, 7) is 1.93. The number of rotatable bonds is 6. The number of H-pyrrole nitrogens is 1. The van der Waals surface area contributed by atoms with E-state index in [0.717, 1.165) is 7.11 Å². The Morgan fingerprint density at radius 3 is 2.53 bits per heavy atom. The molecule has 0 aliphatic carbocycles. The van der Waals surface area contributed by atoms with Gasteiger partial charge in [0.05, 0.1) is 7.11 Å². The van der Waals surface area contributed by atoms with Crippen LogP contribution in [0.2, 0.25) is 0 Å². The largest absolute Gasteiger partial charge is 0.464 e. The van der Waals surface area contributed by atoms with Gasteiger partial charge in [-0.25, -0.2) is 4.79 Å². The normalized spacial score (nSPS) is 11.9. The van der Waals surface area contributed by atoms with E-state index in [0.29, 0.717) is 0 Å². The van der Waals surface area contributed by atoms with Crippen LogP contribution in [0.15, 0.2) is 5.18 Å². The van der Waals surface area contributed by atoms with Crippen molar-refractivity contribution in [3.8, 4) is 0 Å². The molecule has 19 heavy (non-hydrogen) atoms. The van der Waals surface area contributed by atoms with Crippen LogP contribution in [0.25, 0.3) is 0 Å². The van der Waals surface area contributed by atoms with Gasteiger partial charge in [-0.15, -0.1) is 4.91 Å². The minimum atomic E-state index is -0.885. The lowest BCUT2D eigenvalue weighted by atomic mass is 10.2. The number of nitroso groups, excluding NO2 is 1. The highest BCUT2D eigenvalue weighted by molar-refractivity contribution is 6.01. The number of amides is 1. The van der Waals surface area contributed by atoms with Gasteiger partial charge in [0.1, 0.15) is 6.10 Å². The molecule has 0 saturated carbocycles. The third-order valence-electron chi connectivity index (χ3n) is 2.53. The Balaban J connectivity index is 3.37. The third kappa shape index (κ3) is 2.94. The minimum Gasteiger partial charge on any atom is -0.464 e. The van der Waals surface area contributed by atoms with E-state index < -0.39 is 11.9 Å². The topological polar surface area (TPSA) is 128 Å². The van der Waals surface area contributed by atoms with Gasteiger partial charge in [0.25, 0.3) is 0 Å². The molecule has 3 N–H and O–H groups in total. The highest BCUT2D eigenvalue weighted by Gasteiger charge is 2.35. The summed E-state index contributed by atoms with van der Waals surface area (Å²) >= 11 is 0. The molecular weight excluding hydrogens is 256 g/mol. The van der Waals surface area contributed by atoms with Gasteiger partial charge >= 0.3 is 17.6 Å². The molecule has 0 aliphatic heterocycles. The fourth-order valence-electron chi connectivity index (χ4n) is 1.54. The lowest BCUT2D eigenvalue weighted by Crippen LogP contribution is -2.47. The van der Waals surface area contributed by atoms with Crippen LogP contribution in [-0.2, 0) is 16.0 Å². The summed E-state index contributed by atoms with van der Waals surface area (Å²) in [5.74, 6) is -1.70. The Bertz CT molecular complexity index is 510. The predicted molar refractivity (Wildman–Crippen MR) is 62.8 cm³/mol. The molecule has 0 saturated heterocycles. The van der Waals surface area contributed by atoms with Gasteiger partial charge in [0.2, 0.25) is 11.4 Å². The number of hydrogen-bond donors (Lipinski definition) is 2. The number of nitrogens with one attached hydrogen (secondary N) is 1. The predicted octanol–water partition coefficient (Wildman–Crippen LogP) is -0.379. The van der Waals surface area contributed by atoms with Gasteiger partial charge in [-0.3, -0.25) is 4.79 Å². The molecule has 0 fully saturated rings. The van der Waals surface area contributed by atoms with Crippen LogP contribution in [-0.4, -0.2) is 37.3 Å². The summed E-state index contributed by atoms with van der Waals surface area (Å²) < 4.78 is 10.8. The molecule has 1 aromatic rings. The number of methoxy groups -OCH3 is 2. The molecule has 9 nitrogen and oxygen atoms in total. The van der Waals surface area contributed by atoms with Gasteiger partial charge < -0.3 is 15.2 Å². The Morgan fingerprint density at radius 2 is 2.11 bits per heavy atom. The quantitative estimate of drug-likeness (QED) is 0.414. The monoisotopic (exact) mass is 271 g/mol. The van der Waals surface area contributed by atoms with Crippen molar-refractivity contribution in [2.45, 2.75) is 19.6 Å². The summed E-state index contributed by atoms with van der Waals surface area (Å²) in [4.78, 5) is 33.7. The first kappa shape index (κ1) is 14.8. The lowest BCUT2D eigenvalue weighted by Gasteiger charge is -2.03. The van der Waals surface area contributed by atoms with Crippen LogP contribution in [0.5, 0.6) is 0 Å². The van der Waals surface area contributed by atoms with Crippen LogP contribution in [0.1, 0.15) is 27.9 Å². The van der Waals surface area contributed by atoms with Crippen molar-refractivity contribution < 1.29 is 23.7 Å². The van der Waals surface area contributed by atoms with Crippen molar-refractivity contribution in [1.82, 2.24) is 5.10 Å². The van der Waals surface area contributed by atoms with E-state index in [-0.39, 0.29) is 29.7 Å². The molecule has 0 aliphatic rings. The highest BCUT2D eigenvalue weighted by Crippen LogP contribution is 2.21. The molecule has 9 heteroatoms. The van der Waals surface area contributed by atoms with E-state index in [1.54, 1.807) is 6.92 Å². The van der Waals surface area contributed by atoms with Gasteiger partial charge in [0.15, 0.2) is 6.54 Å². The van der Waals surface area contributed by atoms with Crippen molar-refractivity contribution in [3.05, 3.63) is 16.3 Å². The summed E-state index contributed by atoms with van der Waals surface area (Å²) in [6, 6.07) is 0. The molecule has 1 aromatic heterocycles. The van der Waals surface area contributed by atoms with Crippen molar-refractivity contribution in [2.24, 2.45) is 10.9 Å². The van der Waals surface area contributed by atoms with Gasteiger partial charge in [0, 0.05) is 7.11 Å². The number of carbonyl (C=O) groups is 2. The number of nitrogens with two attached hydrogens (primary N) is 1. The molecule has 0 bridgehead atoms. The van der Waals surface area contributed by atoms with Gasteiger partial charge in [-0.1, -0.05) is 4.68 Å². The molecule has 1 amide bonds. The van der Waals surface area contributed by atoms with E-state index in [1.165, 1.54) is 11.8 Å². The zero-order valence-electron chi connectivity index (χ0n) is 10.8. The first-order valence-corrected chi connectivity index (χ1v) is 5.36. The average Bonchev–Trinajstić information content (AvgIpc) is 2.75. The SMILES string of the molecule is COC(=O)c1[nH][n+](C[C@H](C)OC)c(C(N)=O)c1N=O. The van der Waals surface area contributed by atoms with Crippen molar-refractivity contribution >= 4 is 17.6 Å². The number of hydrogen-bond acceptors (Lipinski definition) is 6. The first-order valence-electron chi connectivity index (χ1n) is 5.36. The maximum atomic E-state index is 11.5. The highest BCUT2D eigenvalue weighted by atomic mass is 16.5. The van der Waals surface area contributed by atoms with Crippen LogP contribution < -0.4 is 10.4 Å². The van der Waals surface area contributed by atoms with Crippen LogP contribution in [0, 0.1) is 4.91 Å². The number of nitrogens with zero attached hydrogens (tertiary/aromatic N) is 2. The smallest absolute Gasteiger partial charge is 0.362 e. The summed E-state index contributed by atoms with van der Waals surface area (Å²) in [5.41, 5.74) is 4.40. The zero-order chi connectivity index (χ0) is 14.6. The standard InChI is InChI=1S/C10H14N4O5/c1-5(18-2)4-14-8(9(11)15)6(13-17)7(12-14)10(16)19-3/h5H,4H2,1-3H3,(H2,11,15)/p+1/t5-/m0/s1. The lowest BCUT2D eigenvalue weighted by molar-refractivity contribution is -0.756. The van der Waals surface area contributed by atoms with Crippen molar-refractivity contribution in [3.63, 3.8) is 0 Å². The van der Waals surface area contributed by atoms with Crippen molar-refractivity contribution in [1.29, 1.82) is 0 Å². The zero-order valence-corrected chi connectivity index (χ0v) is 10.8. The number of aromatic nitrogens is 2. The minimum absolute atomic E-state index is 0.189. The molecule has 1 atom stereocenters. The number of carbonyl (C=O) groups excluding carboxylic acids is 2. The summed E-state index contributed by atoms with van der Waals surface area (Å²) in [5, 5.41) is 5.24. The molecule has 0 aromatic carbocycles. The van der Waals surface area contributed by atoms with Crippen LogP contribution >= 0.6 is 0 Å². The van der Waals surface area contributed by atoms with E-state index in [4.69, 9.17) is 10.5 Å². The summed E-state index contributed by atoms with van der Waals surface area (Å²) in [6.07, 6.45) is -0.272. The molecule has 1 heterocycles. The van der Waals surface area contributed by atoms with Crippen molar-refractivity contribution in [2.75, 3.05) is 14.2 Å². The van der Waals surface area contributed by atoms with Gasteiger partial charge in [-0.05, 0) is 12.1 Å². The maximum Gasteiger partial charge on any atom is 0.362 e. The maximum absolute atomic E-state index is 11.5.